The number of esters is 2. The fraction of sp³-hybridized carbons (Fsp3) is 0.357. The van der Waals surface area contributed by atoms with Gasteiger partial charge in [-0.1, -0.05) is 30.3 Å². The summed E-state index contributed by atoms with van der Waals surface area (Å²) in [5.41, 5.74) is 6.01. The molecule has 0 aliphatic heterocycles. The van der Waals surface area contributed by atoms with Gasteiger partial charge in [-0.2, -0.15) is 0 Å². The van der Waals surface area contributed by atoms with E-state index in [1.165, 1.54) is 7.11 Å². The van der Waals surface area contributed by atoms with Crippen molar-refractivity contribution in [2.75, 3.05) is 13.7 Å². The molecule has 0 saturated heterocycles. The normalized spacial score (nSPS) is 11.4. The molecule has 108 valence electrons. The maximum Gasteiger partial charge on any atom is 0.344 e. The molecule has 1 aromatic carbocycles. The van der Waals surface area contributed by atoms with Crippen molar-refractivity contribution in [3.63, 3.8) is 0 Å². The van der Waals surface area contributed by atoms with Gasteiger partial charge in [0.1, 0.15) is 0 Å². The highest BCUT2D eigenvalue weighted by Crippen LogP contribution is 2.23. The highest BCUT2D eigenvalue weighted by molar-refractivity contribution is 5.79. The molecule has 0 heterocycles. The lowest BCUT2D eigenvalue weighted by Gasteiger charge is -2.14. The van der Waals surface area contributed by atoms with Gasteiger partial charge < -0.3 is 15.2 Å². The summed E-state index contributed by atoms with van der Waals surface area (Å²) in [5.74, 6) is -2.08. The molecular weight excluding hydrogens is 262 g/mol. The minimum Gasteiger partial charge on any atom is -0.466 e. The summed E-state index contributed by atoms with van der Waals surface area (Å²) in [4.78, 5) is 33.6. The van der Waals surface area contributed by atoms with E-state index >= 15 is 0 Å². The second kappa shape index (κ2) is 7.93. The molecule has 0 fully saturated rings. The third kappa shape index (κ3) is 5.51. The van der Waals surface area contributed by atoms with E-state index in [4.69, 9.17) is 10.5 Å². The molecule has 0 radical (unpaired) electrons. The van der Waals surface area contributed by atoms with Crippen LogP contribution in [0.15, 0.2) is 30.3 Å². The summed E-state index contributed by atoms with van der Waals surface area (Å²) in [6.07, 6.45) is 0.0152. The lowest BCUT2D eigenvalue weighted by atomic mass is 9.92. The van der Waals surface area contributed by atoms with Crippen molar-refractivity contribution in [2.45, 2.75) is 18.8 Å². The zero-order valence-corrected chi connectivity index (χ0v) is 11.2. The van der Waals surface area contributed by atoms with Crippen molar-refractivity contribution in [3.8, 4) is 0 Å². The number of carbonyl (C=O) groups excluding carboxylic acids is 3. The first-order valence-electron chi connectivity index (χ1n) is 6.08. The maximum atomic E-state index is 11.6. The largest absolute Gasteiger partial charge is 0.466 e. The van der Waals surface area contributed by atoms with Gasteiger partial charge >= 0.3 is 11.9 Å². The van der Waals surface area contributed by atoms with Gasteiger partial charge in [-0.15, -0.1) is 0 Å². The highest BCUT2D eigenvalue weighted by atomic mass is 16.6. The number of benzene rings is 1. The van der Waals surface area contributed by atoms with Crippen LogP contribution in [-0.4, -0.2) is 31.6 Å². The van der Waals surface area contributed by atoms with E-state index in [1.54, 1.807) is 12.1 Å². The third-order valence-corrected chi connectivity index (χ3v) is 2.71. The minimum atomic E-state index is -0.635. The van der Waals surface area contributed by atoms with Crippen LogP contribution in [0.1, 0.15) is 24.3 Å². The Balaban J connectivity index is 2.63. The Hall–Kier alpha value is -2.37. The summed E-state index contributed by atoms with van der Waals surface area (Å²) in [6.45, 7) is -0.437. The predicted molar refractivity (Wildman–Crippen MR) is 70.6 cm³/mol. The molecule has 0 aliphatic rings. The summed E-state index contributed by atoms with van der Waals surface area (Å²) in [5, 5.41) is 0. The molecule has 1 amide bonds. The van der Waals surface area contributed by atoms with E-state index in [0.29, 0.717) is 0 Å². The van der Waals surface area contributed by atoms with Gasteiger partial charge in [0, 0.05) is 12.3 Å². The van der Waals surface area contributed by atoms with Crippen molar-refractivity contribution in [3.05, 3.63) is 35.9 Å². The number of hydrogen-bond donors (Lipinski definition) is 1. The van der Waals surface area contributed by atoms with E-state index in [1.807, 2.05) is 18.2 Å². The van der Waals surface area contributed by atoms with Gasteiger partial charge in [0.05, 0.1) is 13.5 Å². The number of primary amides is 1. The molecular formula is C14H17NO5. The number of ether oxygens (including phenoxy) is 2. The minimum absolute atomic E-state index is 0.0239. The van der Waals surface area contributed by atoms with E-state index in [2.05, 4.69) is 4.74 Å². The summed E-state index contributed by atoms with van der Waals surface area (Å²) in [6, 6.07) is 9.06. The highest BCUT2D eigenvalue weighted by Gasteiger charge is 2.19. The van der Waals surface area contributed by atoms with Crippen LogP contribution < -0.4 is 5.73 Å². The second-order valence-electron chi connectivity index (χ2n) is 4.22. The molecule has 1 aromatic rings. The van der Waals surface area contributed by atoms with Gasteiger partial charge in [-0.3, -0.25) is 9.59 Å². The topological polar surface area (TPSA) is 95.7 Å². The molecule has 2 N–H and O–H groups in total. The van der Waals surface area contributed by atoms with Crippen molar-refractivity contribution < 1.29 is 23.9 Å². The van der Waals surface area contributed by atoms with Crippen LogP contribution in [0.25, 0.3) is 0 Å². The number of rotatable bonds is 7. The maximum absolute atomic E-state index is 11.6. The second-order valence-corrected chi connectivity index (χ2v) is 4.22. The fourth-order valence-electron chi connectivity index (χ4n) is 1.73. The van der Waals surface area contributed by atoms with Gasteiger partial charge in [0.15, 0.2) is 6.61 Å². The average molecular weight is 279 g/mol. The zero-order chi connectivity index (χ0) is 15.0. The third-order valence-electron chi connectivity index (χ3n) is 2.71. The molecule has 6 heteroatoms. The Morgan fingerprint density at radius 3 is 2.30 bits per heavy atom. The van der Waals surface area contributed by atoms with Gasteiger partial charge in [-0.05, 0) is 5.56 Å². The molecule has 0 unspecified atom stereocenters. The quantitative estimate of drug-likeness (QED) is 0.743. The molecule has 0 bridgehead atoms. The smallest absolute Gasteiger partial charge is 0.344 e. The number of methoxy groups -OCH3 is 1. The Labute approximate surface area is 116 Å². The molecule has 0 saturated carbocycles. The first-order chi connectivity index (χ1) is 9.52. The monoisotopic (exact) mass is 279 g/mol. The number of carbonyl (C=O) groups is 3. The van der Waals surface area contributed by atoms with Crippen LogP contribution in [0.3, 0.4) is 0 Å². The number of amides is 1. The van der Waals surface area contributed by atoms with Gasteiger partial charge in [-0.25, -0.2) is 4.79 Å². The van der Waals surface area contributed by atoms with E-state index < -0.39 is 24.5 Å². The summed E-state index contributed by atoms with van der Waals surface area (Å²) >= 11 is 0. The standard InChI is InChI=1S/C14H17NO5/c1-19-14(18)9-20-13(17)8-11(7-12(15)16)10-5-3-2-4-6-10/h2-6,11H,7-9H2,1H3,(H2,15,16)/t11-/m0/s1. The average Bonchev–Trinajstić information content (AvgIpc) is 2.44. The van der Waals surface area contributed by atoms with Crippen molar-refractivity contribution in [1.29, 1.82) is 0 Å². The van der Waals surface area contributed by atoms with Crippen molar-refractivity contribution in [2.24, 2.45) is 5.73 Å². The zero-order valence-electron chi connectivity index (χ0n) is 11.2. The van der Waals surface area contributed by atoms with Crippen LogP contribution in [0, 0.1) is 0 Å². The number of nitrogens with two attached hydrogens (primary N) is 1. The number of hydrogen-bond acceptors (Lipinski definition) is 5. The predicted octanol–water partition coefficient (Wildman–Crippen LogP) is 0.752. The van der Waals surface area contributed by atoms with Crippen LogP contribution >= 0.6 is 0 Å². The molecule has 0 spiro atoms. The SMILES string of the molecule is COC(=O)COC(=O)C[C@H](CC(N)=O)c1ccccc1. The summed E-state index contributed by atoms with van der Waals surface area (Å²) < 4.78 is 9.13. The Kier molecular flexibility index (Phi) is 6.22. The van der Waals surface area contributed by atoms with E-state index in [9.17, 15) is 14.4 Å². The molecule has 20 heavy (non-hydrogen) atoms. The summed E-state index contributed by atoms with van der Waals surface area (Å²) in [7, 11) is 1.20. The van der Waals surface area contributed by atoms with Gasteiger partial charge in [0.25, 0.3) is 0 Å². The molecule has 1 atom stereocenters. The Bertz CT molecular complexity index is 472. The molecule has 0 aromatic heterocycles. The van der Waals surface area contributed by atoms with Crippen molar-refractivity contribution >= 4 is 17.8 Å². The first kappa shape index (κ1) is 15.7. The van der Waals surface area contributed by atoms with Crippen LogP contribution in [0.4, 0.5) is 0 Å². The van der Waals surface area contributed by atoms with Crippen LogP contribution in [-0.2, 0) is 23.9 Å². The van der Waals surface area contributed by atoms with Crippen LogP contribution in [0.2, 0.25) is 0 Å². The Morgan fingerprint density at radius 2 is 1.75 bits per heavy atom. The molecule has 0 aliphatic carbocycles. The van der Waals surface area contributed by atoms with E-state index in [-0.39, 0.29) is 18.8 Å². The fourth-order valence-corrected chi connectivity index (χ4v) is 1.73. The lowest BCUT2D eigenvalue weighted by Crippen LogP contribution is -2.20. The van der Waals surface area contributed by atoms with Gasteiger partial charge in [0.2, 0.25) is 5.91 Å². The van der Waals surface area contributed by atoms with E-state index in [0.717, 1.165) is 5.56 Å². The molecule has 6 nitrogen and oxygen atoms in total. The first-order valence-corrected chi connectivity index (χ1v) is 6.08. The Morgan fingerprint density at radius 1 is 1.10 bits per heavy atom. The van der Waals surface area contributed by atoms with Crippen molar-refractivity contribution in [1.82, 2.24) is 0 Å². The van der Waals surface area contributed by atoms with Crippen LogP contribution in [0.5, 0.6) is 0 Å². The lowest BCUT2D eigenvalue weighted by molar-refractivity contribution is -0.157. The molecule has 1 rings (SSSR count).